The second-order valence-corrected chi connectivity index (χ2v) is 8.26. The van der Waals surface area contributed by atoms with Gasteiger partial charge in [0.1, 0.15) is 6.10 Å². The number of aryl methyl sites for hydroxylation is 1. The number of aromatic nitrogens is 2. The molecule has 1 heterocycles. The van der Waals surface area contributed by atoms with Crippen LogP contribution in [0, 0.1) is 17.8 Å². The molecule has 4 heteroatoms. The Labute approximate surface area is 157 Å². The van der Waals surface area contributed by atoms with Crippen LogP contribution < -0.4 is 4.57 Å². The van der Waals surface area contributed by atoms with Crippen molar-refractivity contribution >= 4 is 17.0 Å². The summed E-state index contributed by atoms with van der Waals surface area (Å²) >= 11 is 0. The highest BCUT2D eigenvalue weighted by molar-refractivity contribution is 5.76. The summed E-state index contributed by atoms with van der Waals surface area (Å²) in [5.41, 5.74) is 2.25. The maximum Gasteiger partial charge on any atom is 0.348 e. The second-order valence-electron chi connectivity index (χ2n) is 8.26. The lowest BCUT2D eigenvalue weighted by Crippen LogP contribution is -2.37. The van der Waals surface area contributed by atoms with Crippen LogP contribution in [0.1, 0.15) is 52.8 Å². The normalized spacial score (nSPS) is 23.5. The lowest BCUT2D eigenvalue weighted by Gasteiger charge is -2.36. The zero-order valence-electron chi connectivity index (χ0n) is 16.9. The number of carbonyl (C=O) groups is 1. The van der Waals surface area contributed by atoms with E-state index in [-0.39, 0.29) is 12.1 Å². The predicted molar refractivity (Wildman–Crippen MR) is 104 cm³/mol. The molecule has 0 saturated heterocycles. The Morgan fingerprint density at radius 2 is 2.04 bits per heavy atom. The molecular formula is C22H33N2O2+. The zero-order valence-corrected chi connectivity index (χ0v) is 16.9. The smallest absolute Gasteiger partial charge is 0.348 e. The molecular weight excluding hydrogens is 324 g/mol. The van der Waals surface area contributed by atoms with Gasteiger partial charge in [0.25, 0.3) is 5.82 Å². The van der Waals surface area contributed by atoms with E-state index in [2.05, 4.69) is 56.0 Å². The van der Waals surface area contributed by atoms with E-state index in [0.717, 1.165) is 29.7 Å². The number of nitrogens with zero attached hydrogens (tertiary/aromatic N) is 2. The van der Waals surface area contributed by atoms with Gasteiger partial charge in [0.2, 0.25) is 0 Å². The van der Waals surface area contributed by atoms with Gasteiger partial charge in [-0.15, -0.1) is 0 Å². The standard InChI is InChI=1S/C22H33N2O2/c1-6-21-23(5)18-9-7-8-10-19(18)24(21)14-22(25)26-20-13-16(4)11-12-17(20)15(2)3/h7-10,15-17,20H,6,11-14H2,1-5H3/q+1/t16-,17+,20?/m1/s1. The lowest BCUT2D eigenvalue weighted by molar-refractivity contribution is -0.653. The molecule has 0 radical (unpaired) electrons. The number of ether oxygens (including phenoxy) is 1. The van der Waals surface area contributed by atoms with Gasteiger partial charge in [-0.1, -0.05) is 46.2 Å². The van der Waals surface area contributed by atoms with Crippen molar-refractivity contribution in [3.63, 3.8) is 0 Å². The van der Waals surface area contributed by atoms with Gasteiger partial charge in [-0.2, -0.15) is 0 Å². The van der Waals surface area contributed by atoms with Gasteiger partial charge in [0.15, 0.2) is 17.6 Å². The first-order chi connectivity index (χ1) is 12.4. The largest absolute Gasteiger partial charge is 0.459 e. The Morgan fingerprint density at radius 1 is 1.31 bits per heavy atom. The summed E-state index contributed by atoms with van der Waals surface area (Å²) in [7, 11) is 2.07. The van der Waals surface area contributed by atoms with Crippen molar-refractivity contribution in [1.29, 1.82) is 0 Å². The highest BCUT2D eigenvalue weighted by Crippen LogP contribution is 2.35. The number of imidazole rings is 1. The summed E-state index contributed by atoms with van der Waals surface area (Å²) < 4.78 is 10.3. The fraction of sp³-hybridized carbons (Fsp3) is 0.636. The predicted octanol–water partition coefficient (Wildman–Crippen LogP) is 4.03. The molecule has 1 unspecified atom stereocenters. The Morgan fingerprint density at radius 3 is 2.73 bits per heavy atom. The Bertz CT molecular complexity index is 778. The Hall–Kier alpha value is -1.84. The molecule has 3 atom stereocenters. The summed E-state index contributed by atoms with van der Waals surface area (Å²) in [6.07, 6.45) is 4.35. The third kappa shape index (κ3) is 3.65. The zero-order chi connectivity index (χ0) is 18.8. The summed E-state index contributed by atoms with van der Waals surface area (Å²) in [4.78, 5) is 12.8. The summed E-state index contributed by atoms with van der Waals surface area (Å²) in [5, 5.41) is 0. The molecule has 1 saturated carbocycles. The van der Waals surface area contributed by atoms with Crippen LogP contribution in [0.2, 0.25) is 0 Å². The minimum absolute atomic E-state index is 0.0619. The topological polar surface area (TPSA) is 35.1 Å². The van der Waals surface area contributed by atoms with Crippen LogP contribution in [-0.4, -0.2) is 16.6 Å². The maximum atomic E-state index is 12.8. The first-order valence-corrected chi connectivity index (χ1v) is 10.1. The van der Waals surface area contributed by atoms with E-state index >= 15 is 0 Å². The van der Waals surface area contributed by atoms with Crippen LogP contribution in [0.4, 0.5) is 0 Å². The minimum Gasteiger partial charge on any atom is -0.459 e. The molecule has 142 valence electrons. The van der Waals surface area contributed by atoms with Crippen LogP contribution in [0.15, 0.2) is 24.3 Å². The lowest BCUT2D eigenvalue weighted by atomic mass is 9.75. The van der Waals surface area contributed by atoms with E-state index in [9.17, 15) is 4.79 Å². The van der Waals surface area contributed by atoms with E-state index in [1.165, 1.54) is 12.8 Å². The number of rotatable bonds is 5. The van der Waals surface area contributed by atoms with E-state index in [1.807, 2.05) is 12.1 Å². The van der Waals surface area contributed by atoms with Crippen molar-refractivity contribution in [2.75, 3.05) is 0 Å². The fourth-order valence-electron chi connectivity index (χ4n) is 4.63. The molecule has 0 spiro atoms. The SMILES string of the molecule is CCc1n(CC(=O)OC2C[C@H](C)CC[C@H]2C(C)C)c2ccccc2[n+]1C. The van der Waals surface area contributed by atoms with Crippen LogP contribution in [0.25, 0.3) is 11.0 Å². The van der Waals surface area contributed by atoms with Crippen molar-refractivity contribution in [3.8, 4) is 0 Å². The van der Waals surface area contributed by atoms with E-state index < -0.39 is 0 Å². The molecule has 0 N–H and O–H groups in total. The first-order valence-electron chi connectivity index (χ1n) is 10.1. The number of esters is 1. The molecule has 2 aromatic rings. The van der Waals surface area contributed by atoms with Crippen molar-refractivity contribution in [1.82, 2.24) is 4.57 Å². The van der Waals surface area contributed by atoms with Crippen LogP contribution in [-0.2, 0) is 29.5 Å². The van der Waals surface area contributed by atoms with E-state index in [4.69, 9.17) is 4.74 Å². The summed E-state index contributed by atoms with van der Waals surface area (Å²) in [5.74, 6) is 2.72. The minimum atomic E-state index is -0.106. The quantitative estimate of drug-likeness (QED) is 0.598. The second kappa shape index (κ2) is 7.81. The Kier molecular flexibility index (Phi) is 5.69. The number of fused-ring (bicyclic) bond motifs is 1. The van der Waals surface area contributed by atoms with Gasteiger partial charge in [-0.25, -0.2) is 13.9 Å². The average Bonchev–Trinajstić information content (AvgIpc) is 2.86. The number of carbonyl (C=O) groups excluding carboxylic acids is 1. The maximum absolute atomic E-state index is 12.8. The van der Waals surface area contributed by atoms with E-state index in [1.54, 1.807) is 0 Å². The average molecular weight is 358 g/mol. The van der Waals surface area contributed by atoms with Gasteiger partial charge in [0, 0.05) is 6.42 Å². The molecule has 0 aliphatic heterocycles. The van der Waals surface area contributed by atoms with Crippen molar-refractivity contribution < 1.29 is 14.1 Å². The van der Waals surface area contributed by atoms with Crippen molar-refractivity contribution in [2.24, 2.45) is 24.8 Å². The third-order valence-electron chi connectivity index (χ3n) is 6.08. The number of hydrogen-bond donors (Lipinski definition) is 0. The van der Waals surface area contributed by atoms with Gasteiger partial charge in [-0.3, -0.25) is 0 Å². The van der Waals surface area contributed by atoms with Crippen LogP contribution >= 0.6 is 0 Å². The highest BCUT2D eigenvalue weighted by atomic mass is 16.5. The molecule has 26 heavy (non-hydrogen) atoms. The molecule has 1 aromatic carbocycles. The number of hydrogen-bond acceptors (Lipinski definition) is 2. The molecule has 1 aromatic heterocycles. The van der Waals surface area contributed by atoms with Gasteiger partial charge >= 0.3 is 5.97 Å². The van der Waals surface area contributed by atoms with Gasteiger partial charge < -0.3 is 4.74 Å². The van der Waals surface area contributed by atoms with Gasteiger partial charge in [-0.05, 0) is 42.7 Å². The molecule has 1 fully saturated rings. The molecule has 1 aliphatic rings. The molecule has 4 nitrogen and oxygen atoms in total. The molecule has 0 bridgehead atoms. The Balaban J connectivity index is 1.81. The van der Waals surface area contributed by atoms with E-state index in [0.29, 0.717) is 24.3 Å². The van der Waals surface area contributed by atoms with Crippen LogP contribution in [0.5, 0.6) is 0 Å². The molecule has 1 aliphatic carbocycles. The van der Waals surface area contributed by atoms with Gasteiger partial charge in [0.05, 0.1) is 7.05 Å². The monoisotopic (exact) mass is 357 g/mol. The summed E-state index contributed by atoms with van der Waals surface area (Å²) in [6.45, 7) is 9.19. The van der Waals surface area contributed by atoms with Crippen molar-refractivity contribution in [3.05, 3.63) is 30.1 Å². The fourth-order valence-corrected chi connectivity index (χ4v) is 4.63. The van der Waals surface area contributed by atoms with Crippen molar-refractivity contribution in [2.45, 2.75) is 66.0 Å². The third-order valence-corrected chi connectivity index (χ3v) is 6.08. The summed E-state index contributed by atoms with van der Waals surface area (Å²) in [6, 6.07) is 8.26. The molecule has 3 rings (SSSR count). The first kappa shape index (κ1) is 18.9. The highest BCUT2D eigenvalue weighted by Gasteiger charge is 2.34. The molecule has 0 amide bonds. The number of benzene rings is 1. The number of para-hydroxylation sites is 2. The van der Waals surface area contributed by atoms with Crippen LogP contribution in [0.3, 0.4) is 0 Å².